The van der Waals surface area contributed by atoms with E-state index in [0.717, 1.165) is 19.4 Å². The van der Waals surface area contributed by atoms with E-state index in [-0.39, 0.29) is 11.9 Å². The lowest BCUT2D eigenvalue weighted by Gasteiger charge is -2.25. The Morgan fingerprint density at radius 2 is 2.10 bits per heavy atom. The van der Waals surface area contributed by atoms with Gasteiger partial charge in [0, 0.05) is 19.8 Å². The van der Waals surface area contributed by atoms with Crippen LogP contribution in [0.25, 0.3) is 0 Å². The van der Waals surface area contributed by atoms with Crippen molar-refractivity contribution >= 4 is 5.91 Å². The first-order valence-electron chi connectivity index (χ1n) is 7.03. The fraction of sp³-hybridized carbons (Fsp3) is 0.375. The van der Waals surface area contributed by atoms with E-state index < -0.39 is 0 Å². The molecule has 1 amide bonds. The van der Waals surface area contributed by atoms with Crippen LogP contribution in [-0.4, -0.2) is 27.1 Å². The van der Waals surface area contributed by atoms with Crippen molar-refractivity contribution in [3.63, 3.8) is 0 Å². The monoisotopic (exact) mass is 269 g/mol. The molecule has 1 saturated heterocycles. The Hall–Kier alpha value is -2.10. The van der Waals surface area contributed by atoms with Gasteiger partial charge in [0.2, 0.25) is 0 Å². The Balaban J connectivity index is 1.90. The van der Waals surface area contributed by atoms with E-state index in [2.05, 4.69) is 24.2 Å². The first-order chi connectivity index (χ1) is 9.66. The van der Waals surface area contributed by atoms with Gasteiger partial charge in [0.25, 0.3) is 5.91 Å². The molecule has 1 aliphatic rings. The summed E-state index contributed by atoms with van der Waals surface area (Å²) in [6.07, 6.45) is 3.90. The number of carbonyl (C=O) groups excluding carboxylic acids is 1. The average Bonchev–Trinajstić information content (AvgIpc) is 3.07. The van der Waals surface area contributed by atoms with Crippen LogP contribution in [0.4, 0.5) is 0 Å². The molecule has 0 radical (unpaired) electrons. The molecule has 1 aliphatic heterocycles. The molecular formula is C16H19N3O. The summed E-state index contributed by atoms with van der Waals surface area (Å²) < 4.78 is 1.67. The second-order valence-electron chi connectivity index (χ2n) is 5.39. The van der Waals surface area contributed by atoms with Gasteiger partial charge in [-0.3, -0.25) is 9.48 Å². The zero-order valence-corrected chi connectivity index (χ0v) is 11.9. The van der Waals surface area contributed by atoms with Crippen molar-refractivity contribution in [2.75, 3.05) is 6.54 Å². The normalized spacial score (nSPS) is 18.5. The van der Waals surface area contributed by atoms with Crippen molar-refractivity contribution in [3.05, 3.63) is 53.3 Å². The Labute approximate surface area is 119 Å². The minimum Gasteiger partial charge on any atom is -0.330 e. The summed E-state index contributed by atoms with van der Waals surface area (Å²) in [7, 11) is 1.83. The molecule has 1 aromatic carbocycles. The van der Waals surface area contributed by atoms with Gasteiger partial charge in [0.1, 0.15) is 5.69 Å². The molecule has 0 N–H and O–H groups in total. The molecular weight excluding hydrogens is 250 g/mol. The Morgan fingerprint density at radius 1 is 1.30 bits per heavy atom. The van der Waals surface area contributed by atoms with Crippen molar-refractivity contribution in [2.45, 2.75) is 25.8 Å². The van der Waals surface area contributed by atoms with Gasteiger partial charge in [-0.25, -0.2) is 0 Å². The van der Waals surface area contributed by atoms with Crippen LogP contribution in [0.5, 0.6) is 0 Å². The van der Waals surface area contributed by atoms with E-state index in [4.69, 9.17) is 0 Å². The summed E-state index contributed by atoms with van der Waals surface area (Å²) in [5, 5.41) is 4.23. The summed E-state index contributed by atoms with van der Waals surface area (Å²) in [6, 6.07) is 10.3. The van der Waals surface area contributed by atoms with Crippen LogP contribution >= 0.6 is 0 Å². The predicted molar refractivity (Wildman–Crippen MR) is 77.4 cm³/mol. The van der Waals surface area contributed by atoms with E-state index in [1.54, 1.807) is 10.7 Å². The molecule has 1 fully saturated rings. The first kappa shape index (κ1) is 12.9. The standard InChI is InChI=1S/C16H19N3O/c1-12-6-3-4-7-13(12)15-8-5-10-19(15)16(20)14-9-11-18(2)17-14/h3-4,6-7,9,11,15H,5,8,10H2,1-2H3/t15-/m1/s1. The second-order valence-corrected chi connectivity index (χ2v) is 5.39. The zero-order valence-electron chi connectivity index (χ0n) is 11.9. The van der Waals surface area contributed by atoms with E-state index in [1.807, 2.05) is 30.3 Å². The smallest absolute Gasteiger partial charge is 0.274 e. The number of benzene rings is 1. The van der Waals surface area contributed by atoms with Crippen molar-refractivity contribution in [2.24, 2.45) is 7.05 Å². The molecule has 1 aromatic heterocycles. The average molecular weight is 269 g/mol. The van der Waals surface area contributed by atoms with Gasteiger partial charge in [0.05, 0.1) is 6.04 Å². The molecule has 4 nitrogen and oxygen atoms in total. The second kappa shape index (κ2) is 5.12. The number of likely N-dealkylation sites (tertiary alicyclic amines) is 1. The lowest BCUT2D eigenvalue weighted by Crippen LogP contribution is -2.31. The van der Waals surface area contributed by atoms with Crippen molar-refractivity contribution in [1.82, 2.24) is 14.7 Å². The van der Waals surface area contributed by atoms with Gasteiger partial charge in [-0.2, -0.15) is 5.10 Å². The van der Waals surface area contributed by atoms with E-state index in [0.29, 0.717) is 5.69 Å². The molecule has 0 unspecified atom stereocenters. The van der Waals surface area contributed by atoms with Crippen LogP contribution in [0.2, 0.25) is 0 Å². The molecule has 104 valence electrons. The number of rotatable bonds is 2. The van der Waals surface area contributed by atoms with E-state index in [9.17, 15) is 4.79 Å². The van der Waals surface area contributed by atoms with Crippen LogP contribution in [0.15, 0.2) is 36.5 Å². The lowest BCUT2D eigenvalue weighted by molar-refractivity contribution is 0.0728. The van der Waals surface area contributed by atoms with Gasteiger partial charge in [0.15, 0.2) is 0 Å². The third-order valence-corrected chi connectivity index (χ3v) is 3.99. The summed E-state index contributed by atoms with van der Waals surface area (Å²) in [5.41, 5.74) is 3.04. The topological polar surface area (TPSA) is 38.1 Å². The van der Waals surface area contributed by atoms with Crippen molar-refractivity contribution in [1.29, 1.82) is 0 Å². The van der Waals surface area contributed by atoms with Gasteiger partial charge < -0.3 is 4.90 Å². The maximum absolute atomic E-state index is 12.6. The molecule has 2 aromatic rings. The van der Waals surface area contributed by atoms with Gasteiger partial charge in [-0.15, -0.1) is 0 Å². The molecule has 3 rings (SSSR count). The Kier molecular flexibility index (Phi) is 3.30. The SMILES string of the molecule is Cc1ccccc1[C@H]1CCCN1C(=O)c1ccn(C)n1. The number of hydrogen-bond acceptors (Lipinski definition) is 2. The number of aryl methyl sites for hydroxylation is 2. The zero-order chi connectivity index (χ0) is 14.1. The molecule has 0 spiro atoms. The number of aromatic nitrogens is 2. The van der Waals surface area contributed by atoms with E-state index in [1.165, 1.54) is 11.1 Å². The van der Waals surface area contributed by atoms with Gasteiger partial charge in [-0.05, 0) is 37.0 Å². The van der Waals surface area contributed by atoms with Crippen LogP contribution in [0.1, 0.15) is 40.5 Å². The Morgan fingerprint density at radius 3 is 2.80 bits per heavy atom. The number of amides is 1. The highest BCUT2D eigenvalue weighted by Gasteiger charge is 2.32. The summed E-state index contributed by atoms with van der Waals surface area (Å²) >= 11 is 0. The largest absolute Gasteiger partial charge is 0.330 e. The fourth-order valence-corrected chi connectivity index (χ4v) is 2.97. The van der Waals surface area contributed by atoms with Crippen molar-refractivity contribution < 1.29 is 4.79 Å². The highest BCUT2D eigenvalue weighted by atomic mass is 16.2. The number of nitrogens with zero attached hydrogens (tertiary/aromatic N) is 3. The highest BCUT2D eigenvalue weighted by molar-refractivity contribution is 5.92. The quantitative estimate of drug-likeness (QED) is 0.840. The minimum atomic E-state index is 0.0383. The summed E-state index contributed by atoms with van der Waals surface area (Å²) in [6.45, 7) is 2.92. The molecule has 0 aliphatic carbocycles. The fourth-order valence-electron chi connectivity index (χ4n) is 2.97. The Bertz CT molecular complexity index is 632. The van der Waals surface area contributed by atoms with Crippen LogP contribution < -0.4 is 0 Å². The van der Waals surface area contributed by atoms with E-state index >= 15 is 0 Å². The molecule has 20 heavy (non-hydrogen) atoms. The molecule has 2 heterocycles. The van der Waals surface area contributed by atoms with Crippen LogP contribution in [-0.2, 0) is 7.05 Å². The third-order valence-electron chi connectivity index (χ3n) is 3.99. The van der Waals surface area contributed by atoms with Crippen LogP contribution in [0, 0.1) is 6.92 Å². The van der Waals surface area contributed by atoms with Crippen LogP contribution in [0.3, 0.4) is 0 Å². The molecule has 1 atom stereocenters. The third kappa shape index (κ3) is 2.22. The predicted octanol–water partition coefficient (Wildman–Crippen LogP) is 2.71. The summed E-state index contributed by atoms with van der Waals surface area (Å²) in [4.78, 5) is 14.6. The molecule has 4 heteroatoms. The number of hydrogen-bond donors (Lipinski definition) is 0. The van der Waals surface area contributed by atoms with Gasteiger partial charge >= 0.3 is 0 Å². The molecule has 0 bridgehead atoms. The highest BCUT2D eigenvalue weighted by Crippen LogP contribution is 2.34. The maximum atomic E-state index is 12.6. The van der Waals surface area contributed by atoms with Crippen molar-refractivity contribution in [3.8, 4) is 0 Å². The molecule has 0 saturated carbocycles. The first-order valence-corrected chi connectivity index (χ1v) is 7.03. The summed E-state index contributed by atoms with van der Waals surface area (Å²) in [5.74, 6) is 0.0383. The van der Waals surface area contributed by atoms with Gasteiger partial charge in [-0.1, -0.05) is 24.3 Å². The maximum Gasteiger partial charge on any atom is 0.274 e. The minimum absolute atomic E-state index is 0.0383. The number of carbonyl (C=O) groups is 1. The lowest BCUT2D eigenvalue weighted by atomic mass is 9.99.